The van der Waals surface area contributed by atoms with Crippen molar-refractivity contribution in [2.75, 3.05) is 22.7 Å². The summed E-state index contributed by atoms with van der Waals surface area (Å²) >= 11 is 0. The summed E-state index contributed by atoms with van der Waals surface area (Å²) in [6.45, 7) is 5.24. The number of sulfonamides is 2. The first-order valence-electron chi connectivity index (χ1n) is 9.77. The maximum absolute atomic E-state index is 13.3. The van der Waals surface area contributed by atoms with Crippen LogP contribution in [0.1, 0.15) is 16.7 Å². The molecule has 3 aromatic rings. The van der Waals surface area contributed by atoms with Crippen LogP contribution in [0.3, 0.4) is 0 Å². The number of hydrogen-bond acceptors (Lipinski definition) is 4. The van der Waals surface area contributed by atoms with E-state index >= 15 is 0 Å². The van der Waals surface area contributed by atoms with E-state index < -0.39 is 25.9 Å². The Bertz CT molecular complexity index is 1350. The van der Waals surface area contributed by atoms with E-state index in [-0.39, 0.29) is 21.2 Å². The van der Waals surface area contributed by atoms with Gasteiger partial charge in [-0.3, -0.25) is 8.61 Å². The van der Waals surface area contributed by atoms with Gasteiger partial charge in [-0.25, -0.2) is 21.2 Å². The second-order valence-electron chi connectivity index (χ2n) is 7.64. The fraction of sp³-hybridized carbons (Fsp3) is 0.217. The van der Waals surface area contributed by atoms with Gasteiger partial charge < -0.3 is 0 Å². The summed E-state index contributed by atoms with van der Waals surface area (Å²) in [6.07, 6.45) is 0. The lowest BCUT2D eigenvalue weighted by Crippen LogP contribution is -2.29. The summed E-state index contributed by atoms with van der Waals surface area (Å²) in [5, 5.41) is 0. The van der Waals surface area contributed by atoms with E-state index in [0.29, 0.717) is 11.1 Å². The Balaban J connectivity index is 2.09. The number of rotatable bonds is 6. The van der Waals surface area contributed by atoms with Crippen molar-refractivity contribution in [2.45, 2.75) is 30.6 Å². The average Bonchev–Trinajstić information content (AvgIpc) is 2.73. The number of nitrogens with zero attached hydrogens (tertiary/aromatic N) is 2. The van der Waals surface area contributed by atoms with Crippen molar-refractivity contribution in [3.63, 3.8) is 0 Å². The maximum atomic E-state index is 13.3. The van der Waals surface area contributed by atoms with Gasteiger partial charge in [0.25, 0.3) is 20.0 Å². The van der Waals surface area contributed by atoms with Crippen LogP contribution in [0.4, 0.5) is 15.8 Å². The molecular weight excluding hydrogens is 451 g/mol. The number of hydrogen-bond donors (Lipinski definition) is 0. The lowest BCUT2D eigenvalue weighted by Gasteiger charge is -2.25. The molecule has 0 saturated carbocycles. The van der Waals surface area contributed by atoms with Crippen molar-refractivity contribution in [3.05, 3.63) is 83.2 Å². The standard InChI is InChI=1S/C23H25FN2O4S2/c1-16-6-12-21(13-7-16)31(27,28)26(5)22-15-23(18(3)14-17(22)2)32(29,30)25(4)20-10-8-19(24)9-11-20/h6-15H,1-5H3. The van der Waals surface area contributed by atoms with E-state index in [0.717, 1.165) is 14.2 Å². The Morgan fingerprint density at radius 2 is 1.25 bits per heavy atom. The van der Waals surface area contributed by atoms with E-state index in [9.17, 15) is 21.2 Å². The number of anilines is 2. The maximum Gasteiger partial charge on any atom is 0.264 e. The van der Waals surface area contributed by atoms with Crippen LogP contribution in [-0.2, 0) is 20.0 Å². The van der Waals surface area contributed by atoms with Crippen LogP contribution in [0.15, 0.2) is 70.5 Å². The topological polar surface area (TPSA) is 74.8 Å². The zero-order valence-electron chi connectivity index (χ0n) is 18.5. The smallest absolute Gasteiger partial charge is 0.264 e. The van der Waals surface area contributed by atoms with Crippen LogP contribution < -0.4 is 8.61 Å². The minimum absolute atomic E-state index is 0.0316. The van der Waals surface area contributed by atoms with Crippen molar-refractivity contribution in [1.82, 2.24) is 0 Å². The van der Waals surface area contributed by atoms with E-state index in [2.05, 4.69) is 0 Å². The van der Waals surface area contributed by atoms with Gasteiger partial charge in [0.2, 0.25) is 0 Å². The molecule has 0 aliphatic heterocycles. The quantitative estimate of drug-likeness (QED) is 0.529. The molecule has 0 aliphatic carbocycles. The molecule has 0 aromatic heterocycles. The molecule has 0 amide bonds. The Morgan fingerprint density at radius 1 is 0.688 bits per heavy atom. The lowest BCUT2D eigenvalue weighted by atomic mass is 10.1. The van der Waals surface area contributed by atoms with Crippen molar-refractivity contribution >= 4 is 31.4 Å². The fourth-order valence-electron chi connectivity index (χ4n) is 3.37. The number of benzene rings is 3. The summed E-state index contributed by atoms with van der Waals surface area (Å²) in [4.78, 5) is 0.0780. The highest BCUT2D eigenvalue weighted by Gasteiger charge is 2.28. The molecule has 0 atom stereocenters. The van der Waals surface area contributed by atoms with Crippen LogP contribution in [0.5, 0.6) is 0 Å². The predicted octanol–water partition coefficient (Wildman–Crippen LogP) is 4.40. The first-order chi connectivity index (χ1) is 14.9. The van der Waals surface area contributed by atoms with Crippen LogP contribution in [0.25, 0.3) is 0 Å². The zero-order chi connectivity index (χ0) is 23.8. The molecular formula is C23H25FN2O4S2. The van der Waals surface area contributed by atoms with E-state index in [1.807, 2.05) is 6.92 Å². The predicted molar refractivity (Wildman–Crippen MR) is 125 cm³/mol. The Labute approximate surface area is 189 Å². The van der Waals surface area contributed by atoms with Gasteiger partial charge in [-0.15, -0.1) is 0 Å². The van der Waals surface area contributed by atoms with Gasteiger partial charge in [0.15, 0.2) is 0 Å². The van der Waals surface area contributed by atoms with Crippen LogP contribution in [0, 0.1) is 26.6 Å². The van der Waals surface area contributed by atoms with Gasteiger partial charge in [0, 0.05) is 14.1 Å². The van der Waals surface area contributed by atoms with Gasteiger partial charge in [0.1, 0.15) is 5.82 Å². The van der Waals surface area contributed by atoms with Crippen LogP contribution in [-0.4, -0.2) is 30.9 Å². The first kappa shape index (κ1) is 23.7. The highest BCUT2D eigenvalue weighted by molar-refractivity contribution is 7.93. The van der Waals surface area contributed by atoms with Crippen LogP contribution in [0.2, 0.25) is 0 Å². The van der Waals surface area contributed by atoms with Crippen molar-refractivity contribution in [3.8, 4) is 0 Å². The first-order valence-corrected chi connectivity index (χ1v) is 12.6. The Hall–Kier alpha value is -2.91. The molecule has 170 valence electrons. The van der Waals surface area contributed by atoms with Gasteiger partial charge in [-0.1, -0.05) is 23.8 Å². The third-order valence-corrected chi connectivity index (χ3v) is 9.05. The van der Waals surface area contributed by atoms with Crippen LogP contribution >= 0.6 is 0 Å². The molecule has 3 aromatic carbocycles. The number of aryl methyl sites for hydroxylation is 3. The minimum atomic E-state index is -4.03. The molecule has 0 spiro atoms. The molecule has 0 unspecified atom stereocenters. The molecule has 9 heteroatoms. The number of halogens is 1. The van der Waals surface area contributed by atoms with Crippen molar-refractivity contribution in [1.29, 1.82) is 0 Å². The second kappa shape index (κ2) is 8.55. The molecule has 6 nitrogen and oxygen atoms in total. The third-order valence-electron chi connectivity index (χ3n) is 5.34. The molecule has 3 rings (SSSR count). The average molecular weight is 477 g/mol. The highest BCUT2D eigenvalue weighted by atomic mass is 32.2. The molecule has 0 bridgehead atoms. The summed E-state index contributed by atoms with van der Waals surface area (Å²) in [5.41, 5.74) is 2.55. The summed E-state index contributed by atoms with van der Waals surface area (Å²) < 4.78 is 68.4. The van der Waals surface area contributed by atoms with Crippen molar-refractivity contribution in [2.24, 2.45) is 0 Å². The molecule has 32 heavy (non-hydrogen) atoms. The molecule has 0 aliphatic rings. The molecule has 0 fully saturated rings. The molecule has 0 N–H and O–H groups in total. The Kier molecular flexibility index (Phi) is 6.35. The monoisotopic (exact) mass is 476 g/mol. The molecule has 0 saturated heterocycles. The van der Waals surface area contributed by atoms with Crippen molar-refractivity contribution < 1.29 is 21.2 Å². The summed E-state index contributed by atoms with van der Waals surface area (Å²) in [5.74, 6) is -0.476. The van der Waals surface area contributed by atoms with Gasteiger partial charge >= 0.3 is 0 Å². The Morgan fingerprint density at radius 3 is 1.81 bits per heavy atom. The summed E-state index contributed by atoms with van der Waals surface area (Å²) in [6, 6.07) is 14.5. The second-order valence-corrected chi connectivity index (χ2v) is 11.5. The lowest BCUT2D eigenvalue weighted by molar-refractivity contribution is 0.591. The summed E-state index contributed by atoms with van der Waals surface area (Å²) in [7, 11) is -5.17. The fourth-order valence-corrected chi connectivity index (χ4v) is 6.05. The molecule has 0 heterocycles. The molecule has 0 radical (unpaired) electrons. The largest absolute Gasteiger partial charge is 0.269 e. The normalized spacial score (nSPS) is 11.9. The van der Waals surface area contributed by atoms with Gasteiger partial charge in [-0.2, -0.15) is 0 Å². The zero-order valence-corrected chi connectivity index (χ0v) is 20.1. The minimum Gasteiger partial charge on any atom is -0.269 e. The third kappa shape index (κ3) is 4.35. The van der Waals surface area contributed by atoms with E-state index in [4.69, 9.17) is 0 Å². The van der Waals surface area contributed by atoms with Gasteiger partial charge in [-0.05, 0) is 74.4 Å². The van der Waals surface area contributed by atoms with Gasteiger partial charge in [0.05, 0.1) is 21.2 Å². The van der Waals surface area contributed by atoms with E-state index in [1.165, 1.54) is 56.6 Å². The SMILES string of the molecule is Cc1ccc(S(=O)(=O)N(C)c2cc(S(=O)(=O)N(C)c3ccc(F)cc3)c(C)cc2C)cc1. The highest BCUT2D eigenvalue weighted by Crippen LogP contribution is 2.32. The van der Waals surface area contributed by atoms with E-state index in [1.54, 1.807) is 32.0 Å².